The summed E-state index contributed by atoms with van der Waals surface area (Å²) in [6.07, 6.45) is 0. The van der Waals surface area contributed by atoms with Crippen LogP contribution in [-0.4, -0.2) is 23.7 Å². The number of hydrogen-bond donors (Lipinski definition) is 0. The van der Waals surface area contributed by atoms with E-state index in [4.69, 9.17) is 21.1 Å². The lowest BCUT2D eigenvalue weighted by Gasteiger charge is -2.12. The van der Waals surface area contributed by atoms with Crippen molar-refractivity contribution in [3.8, 4) is 11.9 Å². The molecule has 0 unspecified atom stereocenters. The number of halogens is 3. The predicted molar refractivity (Wildman–Crippen MR) is 79.1 cm³/mol. The zero-order valence-corrected chi connectivity index (χ0v) is 13.5. The largest absolute Gasteiger partial charge is 0.477 e. The SMILES string of the molecule is COc1nc(OCC(C)C)c2cc(Cl)c(Br)c(F)c2n1. The fraction of sp³-hybridized carbons (Fsp3) is 0.385. The maximum Gasteiger partial charge on any atom is 0.320 e. The molecule has 4 nitrogen and oxygen atoms in total. The van der Waals surface area contributed by atoms with Crippen molar-refractivity contribution in [1.29, 1.82) is 0 Å². The standard InChI is InChI=1S/C13H13BrClFN2O2/c1-6(2)5-20-12-7-4-8(15)9(14)10(16)11(7)17-13(18-12)19-3/h4,6H,5H2,1-3H3. The van der Waals surface area contributed by atoms with Crippen LogP contribution < -0.4 is 9.47 Å². The molecule has 1 aromatic heterocycles. The molecule has 0 aliphatic rings. The van der Waals surface area contributed by atoms with Crippen LogP contribution >= 0.6 is 27.5 Å². The summed E-state index contributed by atoms with van der Waals surface area (Å²) >= 11 is 9.06. The van der Waals surface area contributed by atoms with E-state index in [9.17, 15) is 4.39 Å². The molecule has 0 saturated carbocycles. The van der Waals surface area contributed by atoms with E-state index in [-0.39, 0.29) is 26.9 Å². The Morgan fingerprint density at radius 1 is 1.40 bits per heavy atom. The van der Waals surface area contributed by atoms with Gasteiger partial charge in [-0.3, -0.25) is 0 Å². The zero-order valence-electron chi connectivity index (χ0n) is 11.2. The first-order valence-electron chi connectivity index (χ1n) is 5.96. The first-order chi connectivity index (χ1) is 9.43. The highest BCUT2D eigenvalue weighted by molar-refractivity contribution is 9.10. The minimum atomic E-state index is -0.567. The van der Waals surface area contributed by atoms with Gasteiger partial charge in [0, 0.05) is 0 Å². The molecule has 7 heteroatoms. The van der Waals surface area contributed by atoms with Crippen LogP contribution in [0, 0.1) is 11.7 Å². The number of benzene rings is 1. The van der Waals surface area contributed by atoms with Gasteiger partial charge in [0.15, 0.2) is 5.82 Å². The molecule has 0 atom stereocenters. The van der Waals surface area contributed by atoms with E-state index in [1.807, 2.05) is 13.8 Å². The fourth-order valence-electron chi connectivity index (χ4n) is 1.57. The van der Waals surface area contributed by atoms with Crippen molar-refractivity contribution in [2.45, 2.75) is 13.8 Å². The summed E-state index contributed by atoms with van der Waals surface area (Å²) in [5.74, 6) is -0.00164. The Bertz CT molecular complexity index is 652. The lowest BCUT2D eigenvalue weighted by molar-refractivity contribution is 0.259. The van der Waals surface area contributed by atoms with Gasteiger partial charge < -0.3 is 9.47 Å². The second kappa shape index (κ2) is 6.10. The number of aromatic nitrogens is 2. The van der Waals surface area contributed by atoms with Gasteiger partial charge in [0.25, 0.3) is 0 Å². The van der Waals surface area contributed by atoms with Gasteiger partial charge in [0.1, 0.15) is 5.52 Å². The Balaban J connectivity index is 2.65. The lowest BCUT2D eigenvalue weighted by atomic mass is 10.2. The number of fused-ring (bicyclic) bond motifs is 1. The highest BCUT2D eigenvalue weighted by Crippen LogP contribution is 2.35. The van der Waals surface area contributed by atoms with Crippen LogP contribution in [0.4, 0.5) is 4.39 Å². The molecule has 108 valence electrons. The molecule has 0 aliphatic heterocycles. The molecule has 0 radical (unpaired) electrons. The van der Waals surface area contributed by atoms with Gasteiger partial charge in [0.2, 0.25) is 5.88 Å². The summed E-state index contributed by atoms with van der Waals surface area (Å²) in [5, 5.41) is 0.648. The number of hydrogen-bond acceptors (Lipinski definition) is 4. The Morgan fingerprint density at radius 2 is 2.10 bits per heavy atom. The third-order valence-corrected chi connectivity index (χ3v) is 3.81. The molecule has 0 bridgehead atoms. The Morgan fingerprint density at radius 3 is 2.70 bits per heavy atom. The number of rotatable bonds is 4. The minimum Gasteiger partial charge on any atom is -0.477 e. The van der Waals surface area contributed by atoms with Crippen molar-refractivity contribution in [1.82, 2.24) is 9.97 Å². The van der Waals surface area contributed by atoms with Crippen molar-refractivity contribution >= 4 is 38.4 Å². The summed E-state index contributed by atoms with van der Waals surface area (Å²) in [6.45, 7) is 4.46. The van der Waals surface area contributed by atoms with E-state index < -0.39 is 5.82 Å². The van der Waals surface area contributed by atoms with E-state index >= 15 is 0 Å². The molecule has 0 saturated heterocycles. The van der Waals surface area contributed by atoms with E-state index in [1.165, 1.54) is 7.11 Å². The quantitative estimate of drug-likeness (QED) is 0.763. The number of ether oxygens (including phenoxy) is 2. The summed E-state index contributed by atoms with van der Waals surface area (Å²) in [5.41, 5.74) is 0.104. The highest BCUT2D eigenvalue weighted by atomic mass is 79.9. The van der Waals surface area contributed by atoms with Crippen LogP contribution in [0.5, 0.6) is 11.9 Å². The molecule has 2 aromatic rings. The molecule has 1 aromatic carbocycles. The average Bonchev–Trinajstić information content (AvgIpc) is 2.42. The Kier molecular flexibility index (Phi) is 4.65. The maximum atomic E-state index is 14.2. The first kappa shape index (κ1) is 15.3. The zero-order chi connectivity index (χ0) is 14.9. The van der Waals surface area contributed by atoms with E-state index in [1.54, 1.807) is 6.07 Å². The number of nitrogens with zero attached hydrogens (tertiary/aromatic N) is 2. The first-order valence-corrected chi connectivity index (χ1v) is 7.13. The summed E-state index contributed by atoms with van der Waals surface area (Å²) < 4.78 is 25.0. The van der Waals surface area contributed by atoms with Gasteiger partial charge in [-0.2, -0.15) is 9.97 Å². The molecule has 0 aliphatic carbocycles. The molecule has 1 heterocycles. The monoisotopic (exact) mass is 362 g/mol. The lowest BCUT2D eigenvalue weighted by Crippen LogP contribution is -2.07. The van der Waals surface area contributed by atoms with Crippen molar-refractivity contribution < 1.29 is 13.9 Å². The van der Waals surface area contributed by atoms with E-state index in [2.05, 4.69) is 25.9 Å². The van der Waals surface area contributed by atoms with Crippen molar-refractivity contribution in [2.75, 3.05) is 13.7 Å². The van der Waals surface area contributed by atoms with Crippen LogP contribution in [0.25, 0.3) is 10.9 Å². The molecular weight excluding hydrogens is 351 g/mol. The Labute approximate surface area is 129 Å². The molecule has 0 N–H and O–H groups in total. The van der Waals surface area contributed by atoms with Crippen LogP contribution in [0.15, 0.2) is 10.5 Å². The smallest absolute Gasteiger partial charge is 0.320 e. The normalized spacial score (nSPS) is 11.2. The van der Waals surface area contributed by atoms with Crippen LogP contribution in [0.3, 0.4) is 0 Å². The second-order valence-corrected chi connectivity index (χ2v) is 5.80. The van der Waals surface area contributed by atoms with Crippen molar-refractivity contribution in [3.63, 3.8) is 0 Å². The number of methoxy groups -OCH3 is 1. The topological polar surface area (TPSA) is 44.2 Å². The average molecular weight is 364 g/mol. The maximum absolute atomic E-state index is 14.2. The summed E-state index contributed by atoms with van der Waals surface area (Å²) in [6, 6.07) is 1.61. The van der Waals surface area contributed by atoms with Gasteiger partial charge in [-0.25, -0.2) is 4.39 Å². The van der Waals surface area contributed by atoms with Crippen LogP contribution in [0.2, 0.25) is 5.02 Å². The predicted octanol–water partition coefficient (Wildman–Crippen LogP) is 4.23. The third-order valence-electron chi connectivity index (χ3n) is 2.51. The minimum absolute atomic E-state index is 0.0457. The van der Waals surface area contributed by atoms with E-state index in [0.29, 0.717) is 17.9 Å². The molecule has 0 amide bonds. The third kappa shape index (κ3) is 2.96. The van der Waals surface area contributed by atoms with Gasteiger partial charge in [-0.05, 0) is 27.9 Å². The van der Waals surface area contributed by atoms with Gasteiger partial charge in [-0.15, -0.1) is 0 Å². The van der Waals surface area contributed by atoms with Gasteiger partial charge in [0.05, 0.1) is 28.6 Å². The van der Waals surface area contributed by atoms with Crippen LogP contribution in [-0.2, 0) is 0 Å². The van der Waals surface area contributed by atoms with Gasteiger partial charge >= 0.3 is 6.01 Å². The highest BCUT2D eigenvalue weighted by Gasteiger charge is 2.18. The molecule has 2 rings (SSSR count). The molecule has 0 fully saturated rings. The summed E-state index contributed by atoms with van der Waals surface area (Å²) in [4.78, 5) is 8.11. The fourth-order valence-corrected chi connectivity index (χ4v) is 2.07. The van der Waals surface area contributed by atoms with Crippen molar-refractivity contribution in [3.05, 3.63) is 21.4 Å². The molecule has 20 heavy (non-hydrogen) atoms. The Hall–Kier alpha value is -1.14. The van der Waals surface area contributed by atoms with Crippen molar-refractivity contribution in [2.24, 2.45) is 5.92 Å². The van der Waals surface area contributed by atoms with Crippen LogP contribution in [0.1, 0.15) is 13.8 Å². The second-order valence-electron chi connectivity index (χ2n) is 4.60. The summed E-state index contributed by atoms with van der Waals surface area (Å²) in [7, 11) is 1.41. The molecular formula is C13H13BrClFN2O2. The molecule has 0 spiro atoms. The van der Waals surface area contributed by atoms with Gasteiger partial charge in [-0.1, -0.05) is 25.4 Å². The van der Waals surface area contributed by atoms with E-state index in [0.717, 1.165) is 0 Å².